The molecule has 0 aliphatic rings. The predicted octanol–water partition coefficient (Wildman–Crippen LogP) is 3.79. The number of carbonyl (C=O) groups excluding carboxylic acids is 1. The summed E-state index contributed by atoms with van der Waals surface area (Å²) in [7, 11) is 0. The van der Waals surface area contributed by atoms with E-state index in [-0.39, 0.29) is 12.5 Å². The lowest BCUT2D eigenvalue weighted by Crippen LogP contribution is -2.36. The first-order valence-corrected chi connectivity index (χ1v) is 8.88. The Kier molecular flexibility index (Phi) is 6.92. The summed E-state index contributed by atoms with van der Waals surface area (Å²) in [5, 5.41) is 0. The van der Waals surface area contributed by atoms with Gasteiger partial charge in [-0.25, -0.2) is 4.98 Å². The van der Waals surface area contributed by atoms with Crippen molar-refractivity contribution in [3.8, 4) is 17.3 Å². The zero-order chi connectivity index (χ0) is 18.2. The van der Waals surface area contributed by atoms with Gasteiger partial charge in [0.1, 0.15) is 0 Å². The van der Waals surface area contributed by atoms with Crippen LogP contribution in [0.5, 0.6) is 5.88 Å². The molecule has 0 bridgehead atoms. The molecule has 0 aliphatic heterocycles. The summed E-state index contributed by atoms with van der Waals surface area (Å²) >= 11 is 0. The summed E-state index contributed by atoms with van der Waals surface area (Å²) in [6, 6.07) is 9.78. The molecule has 0 saturated heterocycles. The first-order chi connectivity index (χ1) is 12.1. The Balaban J connectivity index is 2.16. The first kappa shape index (κ1) is 18.9. The third-order valence-corrected chi connectivity index (χ3v) is 4.05. The maximum atomic E-state index is 12.4. The second-order valence-corrected chi connectivity index (χ2v) is 6.10. The van der Waals surface area contributed by atoms with Gasteiger partial charge in [-0.2, -0.15) is 4.98 Å². The second kappa shape index (κ2) is 9.16. The Bertz CT molecular complexity index is 696. The average molecular weight is 341 g/mol. The molecule has 0 radical (unpaired) electrons. The highest BCUT2D eigenvalue weighted by Crippen LogP contribution is 2.23. The number of hydrogen-bond acceptors (Lipinski definition) is 4. The number of amides is 1. The normalized spacial score (nSPS) is 10.6. The summed E-state index contributed by atoms with van der Waals surface area (Å²) in [6.45, 7) is 9.51. The van der Waals surface area contributed by atoms with E-state index >= 15 is 0 Å². The molecule has 0 spiro atoms. The van der Waals surface area contributed by atoms with Crippen molar-refractivity contribution < 1.29 is 9.53 Å². The van der Waals surface area contributed by atoms with E-state index < -0.39 is 0 Å². The van der Waals surface area contributed by atoms with Crippen LogP contribution >= 0.6 is 0 Å². The van der Waals surface area contributed by atoms with Gasteiger partial charge in [0.2, 0.25) is 5.88 Å². The van der Waals surface area contributed by atoms with E-state index in [1.165, 1.54) is 0 Å². The largest absolute Gasteiger partial charge is 0.467 e. The van der Waals surface area contributed by atoms with Crippen LogP contribution in [0.3, 0.4) is 0 Å². The highest BCUT2D eigenvalue weighted by Gasteiger charge is 2.15. The Labute approximate surface area is 150 Å². The van der Waals surface area contributed by atoms with E-state index in [0.717, 1.165) is 42.8 Å². The molecule has 1 amide bonds. The van der Waals surface area contributed by atoms with Gasteiger partial charge in [-0.15, -0.1) is 0 Å². The van der Waals surface area contributed by atoms with Gasteiger partial charge in [0.15, 0.2) is 12.4 Å². The lowest BCUT2D eigenvalue weighted by Gasteiger charge is -2.21. The van der Waals surface area contributed by atoms with Gasteiger partial charge in [-0.05, 0) is 26.7 Å². The third-order valence-electron chi connectivity index (χ3n) is 4.05. The fourth-order valence-corrected chi connectivity index (χ4v) is 2.58. The van der Waals surface area contributed by atoms with Crippen LogP contribution in [0.15, 0.2) is 30.3 Å². The Morgan fingerprint density at radius 1 is 1.04 bits per heavy atom. The van der Waals surface area contributed by atoms with Crippen molar-refractivity contribution >= 4 is 5.91 Å². The number of aromatic nitrogens is 2. The van der Waals surface area contributed by atoms with E-state index in [4.69, 9.17) is 4.74 Å². The third kappa shape index (κ3) is 5.02. The van der Waals surface area contributed by atoms with Gasteiger partial charge < -0.3 is 9.64 Å². The van der Waals surface area contributed by atoms with Gasteiger partial charge in [-0.1, -0.05) is 44.2 Å². The molecular formula is C20H27N3O2. The topological polar surface area (TPSA) is 55.3 Å². The molecular weight excluding hydrogens is 314 g/mol. The van der Waals surface area contributed by atoms with E-state index in [2.05, 4.69) is 23.8 Å². The minimum absolute atomic E-state index is 0.000580. The molecule has 1 heterocycles. The second-order valence-electron chi connectivity index (χ2n) is 6.10. The van der Waals surface area contributed by atoms with Gasteiger partial charge in [0.05, 0.1) is 0 Å². The summed E-state index contributed by atoms with van der Waals surface area (Å²) in [5.41, 5.74) is 2.65. The number of aryl methyl sites for hydroxylation is 1. The van der Waals surface area contributed by atoms with Crippen LogP contribution in [0.25, 0.3) is 11.4 Å². The molecule has 0 aliphatic carbocycles. The SMILES string of the molecule is CCCN(CCC)C(=O)COc1nc(-c2ccccc2)nc(C)c1C. The maximum absolute atomic E-state index is 12.4. The smallest absolute Gasteiger partial charge is 0.260 e. The van der Waals surface area contributed by atoms with Crippen LogP contribution in [0.4, 0.5) is 0 Å². The lowest BCUT2D eigenvalue weighted by atomic mass is 10.2. The fourth-order valence-electron chi connectivity index (χ4n) is 2.58. The molecule has 0 atom stereocenters. The average Bonchev–Trinajstić information content (AvgIpc) is 2.63. The van der Waals surface area contributed by atoms with Crippen LogP contribution < -0.4 is 4.74 Å². The molecule has 5 heteroatoms. The monoisotopic (exact) mass is 341 g/mol. The van der Waals surface area contributed by atoms with Crippen LogP contribution in [-0.4, -0.2) is 40.5 Å². The number of rotatable bonds is 8. The molecule has 0 fully saturated rings. The van der Waals surface area contributed by atoms with Gasteiger partial charge in [0.25, 0.3) is 5.91 Å². The van der Waals surface area contributed by atoms with E-state index in [1.807, 2.05) is 49.1 Å². The van der Waals surface area contributed by atoms with Crippen molar-refractivity contribution in [2.75, 3.05) is 19.7 Å². The van der Waals surface area contributed by atoms with Crippen molar-refractivity contribution in [2.45, 2.75) is 40.5 Å². The van der Waals surface area contributed by atoms with E-state index in [0.29, 0.717) is 11.7 Å². The minimum Gasteiger partial charge on any atom is -0.467 e. The lowest BCUT2D eigenvalue weighted by molar-refractivity contribution is -0.133. The molecule has 0 saturated carbocycles. The van der Waals surface area contributed by atoms with Crippen molar-refractivity contribution in [3.05, 3.63) is 41.6 Å². The van der Waals surface area contributed by atoms with Crippen molar-refractivity contribution in [2.24, 2.45) is 0 Å². The van der Waals surface area contributed by atoms with Crippen molar-refractivity contribution in [1.29, 1.82) is 0 Å². The highest BCUT2D eigenvalue weighted by atomic mass is 16.5. The molecule has 1 aromatic carbocycles. The van der Waals surface area contributed by atoms with E-state index in [1.54, 1.807) is 0 Å². The van der Waals surface area contributed by atoms with Gasteiger partial charge in [0, 0.05) is 29.9 Å². The molecule has 2 aromatic rings. The predicted molar refractivity (Wildman–Crippen MR) is 99.6 cm³/mol. The quantitative estimate of drug-likeness (QED) is 0.733. The van der Waals surface area contributed by atoms with Gasteiger partial charge in [-0.3, -0.25) is 4.79 Å². The number of ether oxygens (including phenoxy) is 1. The molecule has 0 N–H and O–H groups in total. The van der Waals surface area contributed by atoms with E-state index in [9.17, 15) is 4.79 Å². The molecule has 0 unspecified atom stereocenters. The summed E-state index contributed by atoms with van der Waals surface area (Å²) < 4.78 is 5.77. The van der Waals surface area contributed by atoms with Crippen LogP contribution in [0.2, 0.25) is 0 Å². The molecule has 134 valence electrons. The Hall–Kier alpha value is -2.43. The first-order valence-electron chi connectivity index (χ1n) is 8.88. The molecule has 5 nitrogen and oxygen atoms in total. The van der Waals surface area contributed by atoms with Crippen LogP contribution in [0, 0.1) is 13.8 Å². The standard InChI is InChI=1S/C20H27N3O2/c1-5-12-23(13-6-2)18(24)14-25-20-15(3)16(4)21-19(22-20)17-10-8-7-9-11-17/h7-11H,5-6,12-14H2,1-4H3. The fraction of sp³-hybridized carbons (Fsp3) is 0.450. The van der Waals surface area contributed by atoms with Gasteiger partial charge >= 0.3 is 0 Å². The number of nitrogens with zero attached hydrogens (tertiary/aromatic N) is 3. The van der Waals surface area contributed by atoms with Crippen LogP contribution in [-0.2, 0) is 4.79 Å². The maximum Gasteiger partial charge on any atom is 0.260 e. The zero-order valence-electron chi connectivity index (χ0n) is 15.6. The number of carbonyl (C=O) groups is 1. The zero-order valence-corrected chi connectivity index (χ0v) is 15.6. The van der Waals surface area contributed by atoms with Crippen molar-refractivity contribution in [1.82, 2.24) is 14.9 Å². The van der Waals surface area contributed by atoms with Crippen LogP contribution in [0.1, 0.15) is 37.9 Å². The Morgan fingerprint density at radius 2 is 1.68 bits per heavy atom. The molecule has 1 aromatic heterocycles. The highest BCUT2D eigenvalue weighted by molar-refractivity contribution is 5.77. The summed E-state index contributed by atoms with van der Waals surface area (Å²) in [5.74, 6) is 1.10. The molecule has 2 rings (SSSR count). The minimum atomic E-state index is 0.000580. The summed E-state index contributed by atoms with van der Waals surface area (Å²) in [4.78, 5) is 23.3. The van der Waals surface area contributed by atoms with Crippen molar-refractivity contribution in [3.63, 3.8) is 0 Å². The summed E-state index contributed by atoms with van der Waals surface area (Å²) in [6.07, 6.45) is 1.88. The number of hydrogen-bond donors (Lipinski definition) is 0. The molecule has 25 heavy (non-hydrogen) atoms. The Morgan fingerprint density at radius 3 is 2.28 bits per heavy atom. The number of benzene rings is 1.